The number of ether oxygens (including phenoxy) is 1. The second-order valence-electron chi connectivity index (χ2n) is 3.84. The van der Waals surface area contributed by atoms with E-state index in [1.165, 1.54) is 0 Å². The Hall–Kier alpha value is -2.53. The van der Waals surface area contributed by atoms with Crippen LogP contribution < -0.4 is 15.5 Å². The Morgan fingerprint density at radius 2 is 1.79 bits per heavy atom. The van der Waals surface area contributed by atoms with Gasteiger partial charge in [0, 0.05) is 5.69 Å². The van der Waals surface area contributed by atoms with E-state index in [0.29, 0.717) is 11.3 Å². The van der Waals surface area contributed by atoms with E-state index in [2.05, 4.69) is 5.32 Å². The van der Waals surface area contributed by atoms with Crippen molar-refractivity contribution in [2.24, 2.45) is 0 Å². The molecule has 1 amide bonds. The summed E-state index contributed by atoms with van der Waals surface area (Å²) in [5.74, 6) is 0.198. The van der Waals surface area contributed by atoms with E-state index in [1.54, 1.807) is 36.9 Å². The zero-order valence-electron chi connectivity index (χ0n) is 10.4. The molecule has 0 saturated heterocycles. The summed E-state index contributed by atoms with van der Waals surface area (Å²) >= 11 is 0. The zero-order valence-corrected chi connectivity index (χ0v) is 10.4. The number of benzene rings is 2. The fourth-order valence-corrected chi connectivity index (χ4v) is 1.68. The Labute approximate surface area is 110 Å². The number of para-hydroxylation sites is 1. The second kappa shape index (κ2) is 5.88. The number of methoxy groups -OCH3 is 1. The maximum absolute atomic E-state index is 11.5. The van der Waals surface area contributed by atoms with E-state index >= 15 is 0 Å². The molecule has 0 bridgehead atoms. The Morgan fingerprint density at radius 3 is 2.42 bits per heavy atom. The van der Waals surface area contributed by atoms with E-state index in [-0.39, 0.29) is 0 Å². The van der Waals surface area contributed by atoms with Gasteiger partial charge in [0.05, 0.1) is 18.4 Å². The lowest BCUT2D eigenvalue weighted by atomic mass is 10.1. The molecular weight excluding hydrogens is 244 g/mol. The number of nitrogens with one attached hydrogen (secondary N) is 2. The summed E-state index contributed by atoms with van der Waals surface area (Å²) in [5, 5.41) is 11.8. The molecule has 0 saturated carbocycles. The SMILES string of the molecule is COc1ccc(Nc2ccccc2C(=O)NO)cc1. The van der Waals surface area contributed by atoms with Gasteiger partial charge in [-0.15, -0.1) is 0 Å². The van der Waals surface area contributed by atoms with Gasteiger partial charge in [-0.3, -0.25) is 10.0 Å². The van der Waals surface area contributed by atoms with Crippen molar-refractivity contribution in [3.8, 4) is 5.75 Å². The number of anilines is 2. The third kappa shape index (κ3) is 3.02. The van der Waals surface area contributed by atoms with Crippen molar-refractivity contribution < 1.29 is 14.7 Å². The second-order valence-corrected chi connectivity index (χ2v) is 3.84. The fourth-order valence-electron chi connectivity index (χ4n) is 1.68. The van der Waals surface area contributed by atoms with Crippen molar-refractivity contribution in [1.82, 2.24) is 5.48 Å². The molecule has 0 spiro atoms. The van der Waals surface area contributed by atoms with Crippen LogP contribution in [0.25, 0.3) is 0 Å². The predicted octanol–water partition coefficient (Wildman–Crippen LogP) is 2.56. The Balaban J connectivity index is 2.25. The summed E-state index contributed by atoms with van der Waals surface area (Å²) in [6.45, 7) is 0. The maximum Gasteiger partial charge on any atom is 0.276 e. The van der Waals surface area contributed by atoms with Crippen LogP contribution in [0.3, 0.4) is 0 Å². The quantitative estimate of drug-likeness (QED) is 0.582. The standard InChI is InChI=1S/C14H14N2O3/c1-19-11-8-6-10(7-9-11)15-13-5-3-2-4-12(13)14(17)16-18/h2-9,15,18H,1H3,(H,16,17). The van der Waals surface area contributed by atoms with E-state index in [4.69, 9.17) is 9.94 Å². The molecule has 0 aliphatic rings. The summed E-state index contributed by atoms with van der Waals surface area (Å²) in [4.78, 5) is 11.5. The topological polar surface area (TPSA) is 70.6 Å². The van der Waals surface area contributed by atoms with Crippen molar-refractivity contribution in [2.75, 3.05) is 12.4 Å². The molecule has 0 unspecified atom stereocenters. The lowest BCUT2D eigenvalue weighted by Gasteiger charge is -2.11. The average molecular weight is 258 g/mol. The molecule has 19 heavy (non-hydrogen) atoms. The molecule has 0 aliphatic heterocycles. The van der Waals surface area contributed by atoms with Crippen molar-refractivity contribution in [3.63, 3.8) is 0 Å². The smallest absolute Gasteiger partial charge is 0.276 e. The molecule has 5 heteroatoms. The number of rotatable bonds is 4. The Kier molecular flexibility index (Phi) is 4.00. The van der Waals surface area contributed by atoms with Gasteiger partial charge in [-0.05, 0) is 36.4 Å². The molecule has 0 heterocycles. The Morgan fingerprint density at radius 1 is 1.11 bits per heavy atom. The molecule has 0 aliphatic carbocycles. The Bertz CT molecular complexity index is 567. The average Bonchev–Trinajstić information content (AvgIpc) is 2.48. The van der Waals surface area contributed by atoms with Crippen LogP contribution in [0.15, 0.2) is 48.5 Å². The van der Waals surface area contributed by atoms with Crippen LogP contribution in [0, 0.1) is 0 Å². The largest absolute Gasteiger partial charge is 0.497 e. The lowest BCUT2D eigenvalue weighted by Crippen LogP contribution is -2.19. The molecule has 2 rings (SSSR count). The molecular formula is C14H14N2O3. The van der Waals surface area contributed by atoms with Crippen molar-refractivity contribution in [3.05, 3.63) is 54.1 Å². The highest BCUT2D eigenvalue weighted by Gasteiger charge is 2.09. The van der Waals surface area contributed by atoms with Gasteiger partial charge in [0.1, 0.15) is 5.75 Å². The van der Waals surface area contributed by atoms with Gasteiger partial charge in [0.25, 0.3) is 5.91 Å². The summed E-state index contributed by atoms with van der Waals surface area (Å²) < 4.78 is 5.07. The van der Waals surface area contributed by atoms with Crippen LogP contribution in [-0.2, 0) is 0 Å². The van der Waals surface area contributed by atoms with Gasteiger partial charge in [-0.2, -0.15) is 0 Å². The van der Waals surface area contributed by atoms with Crippen LogP contribution >= 0.6 is 0 Å². The monoisotopic (exact) mass is 258 g/mol. The van der Waals surface area contributed by atoms with E-state index in [1.807, 2.05) is 24.3 Å². The van der Waals surface area contributed by atoms with E-state index in [9.17, 15) is 4.79 Å². The number of hydrogen-bond acceptors (Lipinski definition) is 4. The number of amides is 1. The van der Waals surface area contributed by atoms with Gasteiger partial charge in [-0.25, -0.2) is 5.48 Å². The maximum atomic E-state index is 11.5. The van der Waals surface area contributed by atoms with Crippen LogP contribution in [-0.4, -0.2) is 18.2 Å². The first-order valence-electron chi connectivity index (χ1n) is 5.69. The molecule has 2 aromatic carbocycles. The lowest BCUT2D eigenvalue weighted by molar-refractivity contribution is 0.0707. The summed E-state index contributed by atoms with van der Waals surface area (Å²) in [5.41, 5.74) is 3.42. The zero-order chi connectivity index (χ0) is 13.7. The first-order valence-corrected chi connectivity index (χ1v) is 5.69. The van der Waals surface area contributed by atoms with Gasteiger partial charge in [0.15, 0.2) is 0 Å². The highest BCUT2D eigenvalue weighted by molar-refractivity contribution is 5.99. The van der Waals surface area contributed by atoms with Crippen LogP contribution in [0.5, 0.6) is 5.75 Å². The van der Waals surface area contributed by atoms with Crippen molar-refractivity contribution >= 4 is 17.3 Å². The molecule has 0 aromatic heterocycles. The molecule has 5 nitrogen and oxygen atoms in total. The third-order valence-electron chi connectivity index (χ3n) is 2.64. The van der Waals surface area contributed by atoms with Gasteiger partial charge in [0.2, 0.25) is 0 Å². The van der Waals surface area contributed by atoms with Gasteiger partial charge in [-0.1, -0.05) is 12.1 Å². The van der Waals surface area contributed by atoms with Gasteiger partial charge >= 0.3 is 0 Å². The van der Waals surface area contributed by atoms with Gasteiger partial charge < -0.3 is 10.1 Å². The molecule has 2 aromatic rings. The normalized spacial score (nSPS) is 9.79. The molecule has 0 atom stereocenters. The third-order valence-corrected chi connectivity index (χ3v) is 2.64. The minimum absolute atomic E-state index is 0.362. The highest BCUT2D eigenvalue weighted by atomic mass is 16.5. The van der Waals surface area contributed by atoms with Crippen LogP contribution in [0.4, 0.5) is 11.4 Å². The highest BCUT2D eigenvalue weighted by Crippen LogP contribution is 2.22. The number of hydrogen-bond donors (Lipinski definition) is 3. The molecule has 0 fully saturated rings. The molecule has 3 N–H and O–H groups in total. The summed E-state index contributed by atoms with van der Waals surface area (Å²) in [6, 6.07) is 14.2. The van der Waals surface area contributed by atoms with E-state index in [0.717, 1.165) is 11.4 Å². The number of hydroxylamine groups is 1. The first-order chi connectivity index (χ1) is 9.24. The molecule has 98 valence electrons. The predicted molar refractivity (Wildman–Crippen MR) is 72.0 cm³/mol. The minimum Gasteiger partial charge on any atom is -0.497 e. The van der Waals surface area contributed by atoms with E-state index < -0.39 is 5.91 Å². The minimum atomic E-state index is -0.559. The van der Waals surface area contributed by atoms with Crippen LogP contribution in [0.2, 0.25) is 0 Å². The fraction of sp³-hybridized carbons (Fsp3) is 0.0714. The summed E-state index contributed by atoms with van der Waals surface area (Å²) in [7, 11) is 1.60. The molecule has 0 radical (unpaired) electrons. The van der Waals surface area contributed by atoms with Crippen molar-refractivity contribution in [2.45, 2.75) is 0 Å². The summed E-state index contributed by atoms with van der Waals surface area (Å²) in [6.07, 6.45) is 0. The first kappa shape index (κ1) is 12.9. The van der Waals surface area contributed by atoms with Crippen molar-refractivity contribution in [1.29, 1.82) is 0 Å². The number of carbonyl (C=O) groups excluding carboxylic acids is 1. The number of carbonyl (C=O) groups is 1. The van der Waals surface area contributed by atoms with Crippen LogP contribution in [0.1, 0.15) is 10.4 Å².